The Morgan fingerprint density at radius 2 is 0.595 bits per heavy atom. The summed E-state index contributed by atoms with van der Waals surface area (Å²) in [5.74, 6) is -0.935. The predicted octanol–water partition coefficient (Wildman–Crippen LogP) is -0.232. The molecule has 0 saturated heterocycles. The Kier molecular flexibility index (Phi) is 35.6. The summed E-state index contributed by atoms with van der Waals surface area (Å²) in [7, 11) is 0. The number of hydrogen-bond donors (Lipinski definition) is 3. The minimum absolute atomic E-state index is 0.0278. The van der Waals surface area contributed by atoms with E-state index in [4.69, 9.17) is 58.0 Å². The number of aliphatic hydroxyl groups is 2. The fourth-order valence-electron chi connectivity index (χ4n) is 1.99. The third kappa shape index (κ3) is 39.4. The second-order valence-corrected chi connectivity index (χ2v) is 7.04. The standard InChI is InChI=1S/C20H42O11.C4H6O2/c21-1-3-23-5-7-25-9-11-27-13-15-29-17-19-31-20-18-30-16-14-28-12-10-26-8-6-24-4-2-22;1-3(2)4(5)6/h21-22H,1-20H2;1H2,2H3,(H,5,6). The molecule has 0 fully saturated rings. The first kappa shape index (κ1) is 37.9. The number of carboxylic acid groups (broad SMARTS) is 1. The van der Waals surface area contributed by atoms with Crippen molar-refractivity contribution in [1.82, 2.24) is 0 Å². The van der Waals surface area contributed by atoms with Crippen LogP contribution in [-0.4, -0.2) is 153 Å². The van der Waals surface area contributed by atoms with E-state index in [0.717, 1.165) is 0 Å². The molecule has 0 bridgehead atoms. The molecule has 0 unspecified atom stereocenters. The molecular weight excluding hydrogens is 496 g/mol. The summed E-state index contributed by atoms with van der Waals surface area (Å²) in [5, 5.41) is 25.0. The zero-order valence-corrected chi connectivity index (χ0v) is 22.3. The fourth-order valence-corrected chi connectivity index (χ4v) is 1.99. The summed E-state index contributed by atoms with van der Waals surface area (Å²) < 4.78 is 47.7. The van der Waals surface area contributed by atoms with Crippen molar-refractivity contribution in [2.45, 2.75) is 6.92 Å². The summed E-state index contributed by atoms with van der Waals surface area (Å²) in [5.41, 5.74) is 0.176. The number of carboxylic acids is 1. The average Bonchev–Trinajstić information content (AvgIpc) is 2.88. The van der Waals surface area contributed by atoms with Crippen molar-refractivity contribution < 1.29 is 62.7 Å². The van der Waals surface area contributed by atoms with Crippen molar-refractivity contribution in [3.8, 4) is 0 Å². The van der Waals surface area contributed by atoms with Crippen LogP contribution in [0.3, 0.4) is 0 Å². The molecule has 0 aliphatic heterocycles. The fraction of sp³-hybridized carbons (Fsp3) is 0.875. The monoisotopic (exact) mass is 544 g/mol. The zero-order valence-electron chi connectivity index (χ0n) is 22.3. The Bertz CT molecular complexity index is 426. The van der Waals surface area contributed by atoms with Gasteiger partial charge in [0, 0.05) is 5.57 Å². The van der Waals surface area contributed by atoms with Gasteiger partial charge in [-0.1, -0.05) is 6.58 Å². The van der Waals surface area contributed by atoms with Crippen LogP contribution in [0.25, 0.3) is 0 Å². The molecule has 0 amide bonds. The maximum absolute atomic E-state index is 9.60. The van der Waals surface area contributed by atoms with E-state index < -0.39 is 5.97 Å². The van der Waals surface area contributed by atoms with Crippen molar-refractivity contribution in [3.63, 3.8) is 0 Å². The highest BCUT2D eigenvalue weighted by Gasteiger charge is 1.95. The lowest BCUT2D eigenvalue weighted by atomic mass is 10.4. The van der Waals surface area contributed by atoms with Crippen molar-refractivity contribution in [3.05, 3.63) is 12.2 Å². The third-order valence-electron chi connectivity index (χ3n) is 3.81. The molecular formula is C24H48O13. The zero-order chi connectivity index (χ0) is 27.7. The number of aliphatic hydroxyl groups excluding tert-OH is 2. The number of ether oxygens (including phenoxy) is 9. The third-order valence-corrected chi connectivity index (χ3v) is 3.81. The van der Waals surface area contributed by atoms with Crippen molar-refractivity contribution in [1.29, 1.82) is 0 Å². The SMILES string of the molecule is C=C(C)C(=O)O.OCCOCCOCCOCCOCCOCCOCCOCCOCCOCCO. The highest BCUT2D eigenvalue weighted by molar-refractivity contribution is 5.84. The number of carbonyl (C=O) groups is 1. The minimum Gasteiger partial charge on any atom is -0.478 e. The van der Waals surface area contributed by atoms with Crippen molar-refractivity contribution in [2.75, 3.05) is 132 Å². The molecule has 3 N–H and O–H groups in total. The summed E-state index contributed by atoms with van der Waals surface area (Å²) in [4.78, 5) is 9.60. The van der Waals surface area contributed by atoms with Gasteiger partial charge >= 0.3 is 5.97 Å². The van der Waals surface area contributed by atoms with Crippen LogP contribution in [0.2, 0.25) is 0 Å². The van der Waals surface area contributed by atoms with Gasteiger partial charge in [0.1, 0.15) is 0 Å². The van der Waals surface area contributed by atoms with Gasteiger partial charge < -0.3 is 58.0 Å². The normalized spacial score (nSPS) is 10.8. The molecule has 0 rings (SSSR count). The van der Waals surface area contributed by atoms with Crippen LogP contribution in [0, 0.1) is 0 Å². The molecule has 0 aliphatic rings. The number of hydrogen-bond acceptors (Lipinski definition) is 12. The van der Waals surface area contributed by atoms with Crippen LogP contribution in [0.4, 0.5) is 0 Å². The molecule has 0 aromatic carbocycles. The Balaban J connectivity index is 0. The molecule has 0 aromatic heterocycles. The molecule has 0 spiro atoms. The Labute approximate surface area is 220 Å². The second kappa shape index (κ2) is 34.8. The second-order valence-electron chi connectivity index (χ2n) is 7.04. The first-order chi connectivity index (χ1) is 18.1. The smallest absolute Gasteiger partial charge is 0.330 e. The largest absolute Gasteiger partial charge is 0.478 e. The Morgan fingerprint density at radius 3 is 0.703 bits per heavy atom. The van der Waals surface area contributed by atoms with Gasteiger partial charge in [-0.2, -0.15) is 0 Å². The summed E-state index contributed by atoms with van der Waals surface area (Å²) in [6.07, 6.45) is 0. The minimum atomic E-state index is -0.935. The number of aliphatic carboxylic acids is 1. The van der Waals surface area contributed by atoms with E-state index in [2.05, 4.69) is 6.58 Å². The molecule has 13 nitrogen and oxygen atoms in total. The lowest BCUT2D eigenvalue weighted by Crippen LogP contribution is -2.15. The van der Waals surface area contributed by atoms with E-state index in [0.29, 0.717) is 119 Å². The van der Waals surface area contributed by atoms with Crippen molar-refractivity contribution >= 4 is 5.97 Å². The first-order valence-electron chi connectivity index (χ1n) is 12.4. The predicted molar refractivity (Wildman–Crippen MR) is 134 cm³/mol. The van der Waals surface area contributed by atoms with E-state index >= 15 is 0 Å². The molecule has 0 aliphatic carbocycles. The van der Waals surface area contributed by atoms with Crippen molar-refractivity contribution in [2.24, 2.45) is 0 Å². The van der Waals surface area contributed by atoms with E-state index in [1.165, 1.54) is 6.92 Å². The highest BCUT2D eigenvalue weighted by Crippen LogP contribution is 1.86. The van der Waals surface area contributed by atoms with Gasteiger partial charge in [0.25, 0.3) is 0 Å². The maximum atomic E-state index is 9.60. The summed E-state index contributed by atoms with van der Waals surface area (Å²) in [6, 6.07) is 0. The molecule has 222 valence electrons. The van der Waals surface area contributed by atoms with E-state index in [-0.39, 0.29) is 18.8 Å². The number of rotatable bonds is 29. The first-order valence-corrected chi connectivity index (χ1v) is 12.4. The van der Waals surface area contributed by atoms with E-state index in [1.54, 1.807) is 0 Å². The summed E-state index contributed by atoms with van der Waals surface area (Å²) in [6.45, 7) is 13.4. The molecule has 0 atom stereocenters. The van der Waals surface area contributed by atoms with Crippen LogP contribution in [-0.2, 0) is 47.4 Å². The molecule has 0 aromatic rings. The lowest BCUT2D eigenvalue weighted by molar-refractivity contribution is -0.132. The van der Waals surface area contributed by atoms with Crippen LogP contribution >= 0.6 is 0 Å². The van der Waals surface area contributed by atoms with Gasteiger partial charge in [0.2, 0.25) is 0 Å². The van der Waals surface area contributed by atoms with Gasteiger partial charge in [-0.05, 0) is 6.92 Å². The van der Waals surface area contributed by atoms with Crippen LogP contribution in [0.1, 0.15) is 6.92 Å². The van der Waals surface area contributed by atoms with Gasteiger partial charge in [-0.25, -0.2) is 4.79 Å². The maximum Gasteiger partial charge on any atom is 0.330 e. The van der Waals surface area contributed by atoms with E-state index in [1.807, 2.05) is 0 Å². The molecule has 13 heteroatoms. The Morgan fingerprint density at radius 1 is 0.459 bits per heavy atom. The van der Waals surface area contributed by atoms with Crippen LogP contribution in [0.15, 0.2) is 12.2 Å². The Hall–Kier alpha value is -1.23. The molecule has 0 saturated carbocycles. The quantitative estimate of drug-likeness (QED) is 0.0837. The van der Waals surface area contributed by atoms with Gasteiger partial charge in [-0.3, -0.25) is 0 Å². The lowest BCUT2D eigenvalue weighted by Gasteiger charge is -2.08. The van der Waals surface area contributed by atoms with Gasteiger partial charge in [0.05, 0.1) is 132 Å². The molecule has 37 heavy (non-hydrogen) atoms. The molecule has 0 radical (unpaired) electrons. The highest BCUT2D eigenvalue weighted by atomic mass is 16.6. The van der Waals surface area contributed by atoms with E-state index in [9.17, 15) is 4.79 Å². The average molecular weight is 545 g/mol. The van der Waals surface area contributed by atoms with Gasteiger partial charge in [0.15, 0.2) is 0 Å². The topological polar surface area (TPSA) is 161 Å². The van der Waals surface area contributed by atoms with Crippen LogP contribution in [0.5, 0.6) is 0 Å². The molecule has 0 heterocycles. The summed E-state index contributed by atoms with van der Waals surface area (Å²) >= 11 is 0. The van der Waals surface area contributed by atoms with Gasteiger partial charge in [-0.15, -0.1) is 0 Å². The van der Waals surface area contributed by atoms with Crippen LogP contribution < -0.4 is 0 Å².